The van der Waals surface area contributed by atoms with Gasteiger partial charge in [-0.05, 0) is 60.7 Å². The van der Waals surface area contributed by atoms with Crippen LogP contribution in [0.25, 0.3) is 10.8 Å². The lowest BCUT2D eigenvalue weighted by Crippen LogP contribution is -2.45. The Hall–Kier alpha value is -3.67. The number of fused-ring (bicyclic) bond motifs is 1. The first kappa shape index (κ1) is 53.8. The molecule has 0 aliphatic carbocycles. The van der Waals surface area contributed by atoms with Crippen molar-refractivity contribution in [2.45, 2.75) is 107 Å². The molecule has 1 aromatic carbocycles. The van der Waals surface area contributed by atoms with Gasteiger partial charge in [0.15, 0.2) is 0 Å². The Bertz CT molecular complexity index is 1060. The van der Waals surface area contributed by atoms with Crippen LogP contribution in [0.15, 0.2) is 37.1 Å². The summed E-state index contributed by atoms with van der Waals surface area (Å²) in [6.07, 6.45) is 6.21. The Balaban J connectivity index is -0.000000461. The molecule has 280 valence electrons. The molecule has 4 atom stereocenters. The van der Waals surface area contributed by atoms with Gasteiger partial charge >= 0.3 is 5.97 Å². The summed E-state index contributed by atoms with van der Waals surface area (Å²) < 4.78 is 36.1. The molecule has 12 heteroatoms. The second kappa shape index (κ2) is 36.2. The maximum absolute atomic E-state index is 12.8. The number of nitrogens with one attached hydrogen (secondary N) is 1. The molecule has 1 heterocycles. The molecule has 9 nitrogen and oxygen atoms in total. The molecular formula is C36H65F3N4O5. The van der Waals surface area contributed by atoms with Crippen LogP contribution in [-0.4, -0.2) is 75.1 Å². The van der Waals surface area contributed by atoms with Gasteiger partial charge in [-0.1, -0.05) is 68.4 Å². The number of esters is 1. The molecule has 48 heavy (non-hydrogen) atoms. The fourth-order valence-corrected chi connectivity index (χ4v) is 4.28. The molecule has 1 aromatic heterocycles. The number of carbonyl (C=O) groups is 3. The smallest absolute Gasteiger partial charge is 0.328 e. The van der Waals surface area contributed by atoms with E-state index in [4.69, 9.17) is 29.2 Å². The van der Waals surface area contributed by atoms with Gasteiger partial charge in [-0.2, -0.15) is 0 Å². The van der Waals surface area contributed by atoms with E-state index in [0.29, 0.717) is 43.5 Å². The van der Waals surface area contributed by atoms with Crippen molar-refractivity contribution in [2.24, 2.45) is 11.8 Å². The highest BCUT2D eigenvalue weighted by molar-refractivity contribution is 5.92. The minimum absolute atomic E-state index is 0.124. The molecule has 1 amide bonds. The molecule has 0 spiro atoms. The topological polar surface area (TPSA) is 124 Å². The number of aromatic nitrogens is 1. The number of benzene rings is 1. The highest BCUT2D eigenvalue weighted by atomic mass is 20.0. The van der Waals surface area contributed by atoms with E-state index in [9.17, 15) is 14.0 Å². The third-order valence-corrected chi connectivity index (χ3v) is 6.99. The van der Waals surface area contributed by atoms with Gasteiger partial charge in [0, 0.05) is 45.8 Å². The van der Waals surface area contributed by atoms with Crippen LogP contribution < -0.4 is 15.8 Å². The summed E-state index contributed by atoms with van der Waals surface area (Å²) >= 11 is 0. The highest BCUT2D eigenvalue weighted by Gasteiger charge is 2.28. The molecule has 0 bridgehead atoms. The summed E-state index contributed by atoms with van der Waals surface area (Å²) in [4.78, 5) is 38.5. The molecule has 0 aliphatic heterocycles. The van der Waals surface area contributed by atoms with E-state index < -0.39 is 12.0 Å². The maximum atomic E-state index is 12.8. The van der Waals surface area contributed by atoms with Crippen molar-refractivity contribution >= 4 is 35.8 Å². The van der Waals surface area contributed by atoms with Crippen molar-refractivity contribution in [1.82, 2.24) is 15.2 Å². The SMILES string of the molecule is C=CC(CC(C)C(C)C)NC(C)CCN(C=O)C(Cc1cc2ccnc(N)c2cc1OC)C(=O)OC.C=O.CC.CC.CC.CF.FF. The Labute approximate surface area is 288 Å². The van der Waals surface area contributed by atoms with Gasteiger partial charge in [0.05, 0.1) is 21.4 Å². The van der Waals surface area contributed by atoms with E-state index >= 15 is 0 Å². The third-order valence-electron chi connectivity index (χ3n) is 6.99. The van der Waals surface area contributed by atoms with Crippen molar-refractivity contribution in [3.8, 4) is 5.75 Å². The fraction of sp³-hybridized carbons (Fsp3) is 0.611. The van der Waals surface area contributed by atoms with E-state index in [-0.39, 0.29) is 18.5 Å². The fourth-order valence-electron chi connectivity index (χ4n) is 4.28. The van der Waals surface area contributed by atoms with Crippen molar-refractivity contribution in [3.05, 3.63) is 42.6 Å². The molecule has 0 saturated carbocycles. The number of nitrogens with two attached hydrogens (primary N) is 1. The molecule has 0 aliphatic rings. The Morgan fingerprint density at radius 2 is 1.58 bits per heavy atom. The number of halogens is 3. The summed E-state index contributed by atoms with van der Waals surface area (Å²) in [5.74, 6) is 1.65. The molecule has 2 aromatic rings. The van der Waals surface area contributed by atoms with Crippen molar-refractivity contribution in [2.75, 3.05) is 33.7 Å². The maximum Gasteiger partial charge on any atom is 0.328 e. The van der Waals surface area contributed by atoms with Gasteiger partial charge in [-0.15, -0.1) is 6.58 Å². The lowest BCUT2D eigenvalue weighted by atomic mass is 9.91. The van der Waals surface area contributed by atoms with E-state index in [0.717, 1.165) is 29.2 Å². The van der Waals surface area contributed by atoms with Crippen LogP contribution in [0.1, 0.15) is 87.6 Å². The lowest BCUT2D eigenvalue weighted by molar-refractivity contribution is -0.149. The van der Waals surface area contributed by atoms with Crippen LogP contribution in [0, 0.1) is 11.8 Å². The number of nitrogen functional groups attached to an aromatic ring is 1. The quantitative estimate of drug-likeness (QED) is 0.109. The zero-order chi connectivity index (χ0) is 38.8. The minimum Gasteiger partial charge on any atom is -0.496 e. The predicted molar refractivity (Wildman–Crippen MR) is 195 cm³/mol. The van der Waals surface area contributed by atoms with Crippen LogP contribution in [0.2, 0.25) is 0 Å². The first-order valence-corrected chi connectivity index (χ1v) is 16.3. The van der Waals surface area contributed by atoms with E-state index in [1.807, 2.05) is 72.6 Å². The number of rotatable bonds is 15. The lowest BCUT2D eigenvalue weighted by Gasteiger charge is -2.29. The number of alkyl halides is 1. The van der Waals surface area contributed by atoms with Gasteiger partial charge in [-0.3, -0.25) is 9.18 Å². The minimum atomic E-state index is -0.790. The second-order valence-electron chi connectivity index (χ2n) is 9.82. The van der Waals surface area contributed by atoms with Gasteiger partial charge < -0.3 is 30.2 Å². The number of hydrogen-bond donors (Lipinski definition) is 2. The largest absolute Gasteiger partial charge is 0.496 e. The standard InChI is InChI=1S/C28H42N4O4.3C2H6.CH3F.CH2O.F2/c1-8-23(13-19(4)18(2)3)31-20(5)10-12-32(17-33)25(28(34)36-7)15-22-14-21-9-11-30-27(29)24(21)16-26(22)35-6;6*1-2/h8-9,11,14,16-20,23,25,31H,1,10,12-13,15H2,2-7H3,(H2,29,30);3*1-2H3;1H3;1H2;. The summed E-state index contributed by atoms with van der Waals surface area (Å²) in [7, 11) is 3.39. The Kier molecular flexibility index (Phi) is 40.5. The number of nitrogens with zero attached hydrogens (tertiary/aromatic N) is 2. The number of carbonyl (C=O) groups excluding carboxylic acids is 3. The number of methoxy groups -OCH3 is 2. The van der Waals surface area contributed by atoms with E-state index in [2.05, 4.69) is 44.6 Å². The molecule has 4 unspecified atom stereocenters. The molecule has 3 N–H and O–H groups in total. The molecule has 0 radical (unpaired) electrons. The molecular weight excluding hydrogens is 625 g/mol. The summed E-state index contributed by atoms with van der Waals surface area (Å²) in [6, 6.07) is 5.09. The van der Waals surface area contributed by atoms with Crippen LogP contribution in [0.5, 0.6) is 5.75 Å². The average molecular weight is 691 g/mol. The van der Waals surface area contributed by atoms with Gasteiger partial charge in [0.25, 0.3) is 0 Å². The van der Waals surface area contributed by atoms with Crippen molar-refractivity contribution in [1.29, 1.82) is 0 Å². The number of hydrogen-bond acceptors (Lipinski definition) is 8. The first-order chi connectivity index (χ1) is 23.1. The number of amides is 1. The normalized spacial score (nSPS) is 11.7. The molecule has 2 rings (SSSR count). The Morgan fingerprint density at radius 3 is 2.02 bits per heavy atom. The summed E-state index contributed by atoms with van der Waals surface area (Å²) in [5, 5.41) is 5.24. The van der Waals surface area contributed by atoms with E-state index in [1.54, 1.807) is 13.3 Å². The van der Waals surface area contributed by atoms with Crippen LogP contribution in [-0.2, 0) is 25.5 Å². The summed E-state index contributed by atoms with van der Waals surface area (Å²) in [5.41, 5.74) is 6.79. The highest BCUT2D eigenvalue weighted by Crippen LogP contribution is 2.30. The van der Waals surface area contributed by atoms with Crippen molar-refractivity contribution in [3.63, 3.8) is 0 Å². The number of anilines is 1. The van der Waals surface area contributed by atoms with Gasteiger partial charge in [0.1, 0.15) is 24.4 Å². The first-order valence-electron chi connectivity index (χ1n) is 16.3. The van der Waals surface area contributed by atoms with Crippen LogP contribution in [0.3, 0.4) is 0 Å². The number of ether oxygens (including phenoxy) is 2. The number of pyridine rings is 1. The summed E-state index contributed by atoms with van der Waals surface area (Å²) in [6.45, 7) is 27.1. The van der Waals surface area contributed by atoms with Gasteiger partial charge in [-0.25, -0.2) is 9.78 Å². The predicted octanol–water partition coefficient (Wildman–Crippen LogP) is 8.29. The van der Waals surface area contributed by atoms with E-state index in [1.165, 1.54) is 12.0 Å². The second-order valence-corrected chi connectivity index (χ2v) is 9.82. The van der Waals surface area contributed by atoms with Crippen LogP contribution in [0.4, 0.5) is 19.4 Å². The third kappa shape index (κ3) is 20.5. The molecule has 0 fully saturated rings. The molecule has 0 saturated heterocycles. The monoisotopic (exact) mass is 690 g/mol. The zero-order valence-corrected chi connectivity index (χ0v) is 31.7. The Morgan fingerprint density at radius 1 is 1.04 bits per heavy atom. The van der Waals surface area contributed by atoms with Gasteiger partial charge in [0.2, 0.25) is 6.41 Å². The zero-order valence-electron chi connectivity index (χ0n) is 31.7. The average Bonchev–Trinajstić information content (AvgIpc) is 3.15. The van der Waals surface area contributed by atoms with Crippen molar-refractivity contribution < 1.29 is 37.4 Å². The van der Waals surface area contributed by atoms with Crippen LogP contribution >= 0.6 is 0 Å².